The van der Waals surface area contributed by atoms with Crippen molar-refractivity contribution in [2.75, 3.05) is 6.26 Å². The van der Waals surface area contributed by atoms with Gasteiger partial charge in [0.05, 0.1) is 0 Å². The lowest BCUT2D eigenvalue weighted by atomic mass is 10.0. The molecule has 0 nitrogen and oxygen atoms in total. The van der Waals surface area contributed by atoms with Crippen LogP contribution in [0.25, 0.3) is 0 Å². The smallest absolute Gasteiger partial charge is 0.130 e. The molecule has 3 heteroatoms. The van der Waals surface area contributed by atoms with E-state index in [0.717, 1.165) is 16.0 Å². The number of hydrogen-bond acceptors (Lipinski definition) is 1. The molecule has 0 bridgehead atoms. The van der Waals surface area contributed by atoms with Crippen LogP contribution in [-0.4, -0.2) is 6.26 Å². The molecule has 0 N–H and O–H groups in total. The largest absolute Gasteiger partial charge is 0.168 e. The maximum Gasteiger partial charge on any atom is 0.168 e. The summed E-state index contributed by atoms with van der Waals surface area (Å²) in [6.45, 7) is 0. The average Bonchev–Trinajstić information content (AvgIpc) is 2.40. The highest BCUT2D eigenvalue weighted by Gasteiger charge is 2.28. The van der Waals surface area contributed by atoms with Gasteiger partial charge in [0.15, 0.2) is 4.33 Å². The molecular weight excluding hydrogens is 271 g/mol. The Morgan fingerprint density at radius 1 is 0.882 bits per heavy atom. The zero-order valence-electron chi connectivity index (χ0n) is 9.36. The Morgan fingerprint density at radius 2 is 1.53 bits per heavy atom. The third-order valence-corrected chi connectivity index (χ3v) is 4.17. The summed E-state index contributed by atoms with van der Waals surface area (Å²) in [6.07, 6.45) is 2.03. The minimum absolute atomic E-state index is 0.890. The van der Waals surface area contributed by atoms with E-state index in [1.54, 1.807) is 11.8 Å². The molecule has 0 amide bonds. The molecule has 2 aromatic carbocycles. The van der Waals surface area contributed by atoms with Crippen molar-refractivity contribution in [2.45, 2.75) is 9.23 Å². The Bertz CT molecular complexity index is 495. The summed E-state index contributed by atoms with van der Waals surface area (Å²) in [4.78, 5) is 1.16. The molecule has 0 aromatic heterocycles. The Hall–Kier alpha value is -0.630. The van der Waals surface area contributed by atoms with Crippen LogP contribution in [0.2, 0.25) is 0 Å². The van der Waals surface area contributed by atoms with E-state index in [-0.39, 0.29) is 0 Å². The Labute approximate surface area is 116 Å². The SMILES string of the molecule is CSc1cccc(C(Cl)(Cl)c2ccccc2)c1. The molecule has 0 atom stereocenters. The fourth-order valence-electron chi connectivity index (χ4n) is 1.63. The molecule has 0 radical (unpaired) electrons. The fourth-order valence-corrected chi connectivity index (χ4v) is 2.58. The lowest BCUT2D eigenvalue weighted by Gasteiger charge is -2.21. The highest BCUT2D eigenvalue weighted by Crippen LogP contribution is 2.41. The van der Waals surface area contributed by atoms with Crippen molar-refractivity contribution in [1.82, 2.24) is 0 Å². The summed E-state index contributed by atoms with van der Waals surface area (Å²) in [5, 5.41) is 0. The molecule has 0 aliphatic rings. The van der Waals surface area contributed by atoms with E-state index >= 15 is 0 Å². The molecule has 88 valence electrons. The van der Waals surface area contributed by atoms with Crippen molar-refractivity contribution < 1.29 is 0 Å². The van der Waals surface area contributed by atoms with Crippen molar-refractivity contribution in [3.8, 4) is 0 Å². The van der Waals surface area contributed by atoms with E-state index in [4.69, 9.17) is 23.2 Å². The third-order valence-electron chi connectivity index (χ3n) is 2.57. The summed E-state index contributed by atoms with van der Waals surface area (Å²) >= 11 is 14.6. The maximum atomic E-state index is 6.47. The first-order chi connectivity index (χ1) is 8.14. The predicted molar refractivity (Wildman–Crippen MR) is 77.2 cm³/mol. The van der Waals surface area contributed by atoms with Crippen molar-refractivity contribution in [3.05, 3.63) is 65.7 Å². The molecule has 0 unspecified atom stereocenters. The van der Waals surface area contributed by atoms with Gasteiger partial charge in [0.25, 0.3) is 0 Å². The number of rotatable bonds is 3. The van der Waals surface area contributed by atoms with E-state index in [2.05, 4.69) is 0 Å². The number of thioether (sulfide) groups is 1. The average molecular weight is 283 g/mol. The fraction of sp³-hybridized carbons (Fsp3) is 0.143. The van der Waals surface area contributed by atoms with Crippen molar-refractivity contribution in [1.29, 1.82) is 0 Å². The van der Waals surface area contributed by atoms with Gasteiger partial charge in [-0.25, -0.2) is 0 Å². The molecule has 17 heavy (non-hydrogen) atoms. The second-order valence-electron chi connectivity index (χ2n) is 3.67. The monoisotopic (exact) mass is 282 g/mol. The molecule has 0 saturated heterocycles. The first-order valence-electron chi connectivity index (χ1n) is 5.22. The lowest BCUT2D eigenvalue weighted by Crippen LogP contribution is -2.11. The normalized spacial score (nSPS) is 11.5. The minimum atomic E-state index is -0.993. The van der Waals surface area contributed by atoms with Crippen LogP contribution in [0.4, 0.5) is 0 Å². The molecule has 0 saturated carbocycles. The summed E-state index contributed by atoms with van der Waals surface area (Å²) in [6, 6.07) is 17.7. The highest BCUT2D eigenvalue weighted by molar-refractivity contribution is 7.98. The van der Waals surface area contributed by atoms with Crippen molar-refractivity contribution in [3.63, 3.8) is 0 Å². The number of halogens is 2. The Balaban J connectivity index is 2.44. The third kappa shape index (κ3) is 2.79. The summed E-state index contributed by atoms with van der Waals surface area (Å²) < 4.78 is -0.993. The quantitative estimate of drug-likeness (QED) is 0.558. The molecule has 0 spiro atoms. The summed E-state index contributed by atoms with van der Waals surface area (Å²) in [7, 11) is 0. The van der Waals surface area contributed by atoms with E-state index < -0.39 is 4.33 Å². The van der Waals surface area contributed by atoms with Crippen LogP contribution in [0.3, 0.4) is 0 Å². The molecule has 2 rings (SSSR count). The van der Waals surface area contributed by atoms with Gasteiger partial charge in [0.1, 0.15) is 0 Å². The van der Waals surface area contributed by atoms with Gasteiger partial charge in [0.2, 0.25) is 0 Å². The van der Waals surface area contributed by atoms with Crippen molar-refractivity contribution >= 4 is 35.0 Å². The highest BCUT2D eigenvalue weighted by atomic mass is 35.5. The zero-order valence-corrected chi connectivity index (χ0v) is 11.7. The van der Waals surface area contributed by atoms with Crippen LogP contribution in [0, 0.1) is 0 Å². The van der Waals surface area contributed by atoms with Crippen molar-refractivity contribution in [2.24, 2.45) is 0 Å². The standard InChI is InChI=1S/C14H12Cl2S/c1-17-13-9-5-8-12(10-13)14(15,16)11-6-3-2-4-7-11/h2-10H,1H3. The van der Waals surface area contributed by atoms with E-state index in [1.165, 1.54) is 0 Å². The zero-order chi connectivity index (χ0) is 12.3. The molecule has 0 heterocycles. The number of hydrogen-bond donors (Lipinski definition) is 0. The van der Waals surface area contributed by atoms with Gasteiger partial charge in [-0.1, -0.05) is 65.7 Å². The van der Waals surface area contributed by atoms with Crippen LogP contribution in [0.15, 0.2) is 59.5 Å². The molecular formula is C14H12Cl2S. The first kappa shape index (κ1) is 12.8. The van der Waals surface area contributed by atoms with Crippen LogP contribution in [0.1, 0.15) is 11.1 Å². The molecule has 0 fully saturated rings. The van der Waals surface area contributed by atoms with E-state index in [0.29, 0.717) is 0 Å². The Morgan fingerprint density at radius 3 is 2.18 bits per heavy atom. The summed E-state index contributed by atoms with van der Waals surface area (Å²) in [5.41, 5.74) is 1.79. The van der Waals surface area contributed by atoms with Gasteiger partial charge in [0, 0.05) is 4.90 Å². The number of benzene rings is 2. The summed E-state index contributed by atoms with van der Waals surface area (Å²) in [5.74, 6) is 0. The van der Waals surface area contributed by atoms with Gasteiger partial charge >= 0.3 is 0 Å². The Kier molecular flexibility index (Phi) is 4.03. The topological polar surface area (TPSA) is 0 Å². The van der Waals surface area contributed by atoms with Gasteiger partial charge in [-0.2, -0.15) is 0 Å². The van der Waals surface area contributed by atoms with Gasteiger partial charge in [-0.15, -0.1) is 11.8 Å². The minimum Gasteiger partial charge on any atom is -0.130 e. The maximum absolute atomic E-state index is 6.47. The van der Waals surface area contributed by atoms with Crippen LogP contribution >= 0.6 is 35.0 Å². The molecule has 0 aliphatic carbocycles. The number of alkyl halides is 2. The van der Waals surface area contributed by atoms with Crippen LogP contribution < -0.4 is 0 Å². The molecule has 0 aliphatic heterocycles. The second-order valence-corrected chi connectivity index (χ2v) is 5.88. The van der Waals surface area contributed by atoms with Gasteiger partial charge in [-0.05, 0) is 29.5 Å². The van der Waals surface area contributed by atoms with E-state index in [1.807, 2.05) is 60.9 Å². The van der Waals surface area contributed by atoms with Gasteiger partial charge < -0.3 is 0 Å². The van der Waals surface area contributed by atoms with Crippen LogP contribution in [-0.2, 0) is 4.33 Å². The molecule has 2 aromatic rings. The van der Waals surface area contributed by atoms with Gasteiger partial charge in [-0.3, -0.25) is 0 Å². The first-order valence-corrected chi connectivity index (χ1v) is 7.20. The predicted octanol–water partition coefficient (Wildman–Crippen LogP) is 5.09. The van der Waals surface area contributed by atoms with E-state index in [9.17, 15) is 0 Å². The van der Waals surface area contributed by atoms with Crippen LogP contribution in [0.5, 0.6) is 0 Å². The second kappa shape index (κ2) is 5.34. The lowest BCUT2D eigenvalue weighted by molar-refractivity contribution is 1.03.